The summed E-state index contributed by atoms with van der Waals surface area (Å²) in [5, 5.41) is 3.08. The lowest BCUT2D eigenvalue weighted by Gasteiger charge is -2.22. The predicted molar refractivity (Wildman–Crippen MR) is 92.1 cm³/mol. The van der Waals surface area contributed by atoms with Gasteiger partial charge in [0, 0.05) is 11.6 Å². The third-order valence-electron chi connectivity index (χ3n) is 4.05. The molecule has 0 aromatic heterocycles. The molecule has 0 bridgehead atoms. The summed E-state index contributed by atoms with van der Waals surface area (Å²) in [6, 6.07) is 7.12. The number of nitrogens with one attached hydrogen (secondary N) is 1. The summed E-state index contributed by atoms with van der Waals surface area (Å²) in [4.78, 5) is 24.0. The molecule has 1 aliphatic rings. The van der Waals surface area contributed by atoms with Crippen LogP contribution in [-0.4, -0.2) is 30.1 Å². The van der Waals surface area contributed by atoms with Gasteiger partial charge in [-0.05, 0) is 57.9 Å². The second-order valence-electron chi connectivity index (χ2n) is 6.58. The molecule has 1 N–H and O–H groups in total. The molecule has 1 amide bonds. The number of esters is 1. The average molecular weight is 333 g/mol. The van der Waals surface area contributed by atoms with Crippen molar-refractivity contribution in [3.8, 4) is 5.75 Å². The van der Waals surface area contributed by atoms with Crippen molar-refractivity contribution in [3.63, 3.8) is 0 Å². The Bertz CT molecular complexity index is 547. The molecular weight excluding hydrogens is 306 g/mol. The first-order chi connectivity index (χ1) is 11.5. The average Bonchev–Trinajstić information content (AvgIpc) is 2.55. The van der Waals surface area contributed by atoms with Crippen LogP contribution in [0.4, 0.5) is 0 Å². The minimum Gasteiger partial charge on any atom is -0.479 e. The molecule has 0 saturated heterocycles. The molecule has 5 heteroatoms. The van der Waals surface area contributed by atoms with Gasteiger partial charge in [-0.3, -0.25) is 4.79 Å². The van der Waals surface area contributed by atoms with Crippen molar-refractivity contribution in [2.75, 3.05) is 0 Å². The minimum atomic E-state index is -0.686. The molecule has 0 radical (unpaired) electrons. The molecule has 0 aliphatic heterocycles. The Balaban J connectivity index is 1.87. The van der Waals surface area contributed by atoms with Crippen LogP contribution in [-0.2, 0) is 9.53 Å². The van der Waals surface area contributed by atoms with Gasteiger partial charge in [0.2, 0.25) is 0 Å². The summed E-state index contributed by atoms with van der Waals surface area (Å²) in [6.07, 6.45) is 4.88. The lowest BCUT2D eigenvalue weighted by molar-refractivity contribution is -0.154. The standard InChI is InChI=1S/C19H27NO4/c1-13(2)23-19(22)14(3)24-17-11-9-15(10-12-17)18(21)20-16-7-5-4-6-8-16/h9-14,16H,4-8H2,1-3H3,(H,20,21). The molecule has 132 valence electrons. The molecule has 1 atom stereocenters. The van der Waals surface area contributed by atoms with Crippen LogP contribution in [0.25, 0.3) is 0 Å². The Kier molecular flexibility index (Phi) is 6.64. The molecule has 2 rings (SSSR count). The monoisotopic (exact) mass is 333 g/mol. The van der Waals surface area contributed by atoms with E-state index in [9.17, 15) is 9.59 Å². The highest BCUT2D eigenvalue weighted by molar-refractivity contribution is 5.94. The van der Waals surface area contributed by atoms with Crippen LogP contribution in [0, 0.1) is 0 Å². The van der Waals surface area contributed by atoms with Crippen molar-refractivity contribution in [1.29, 1.82) is 0 Å². The zero-order chi connectivity index (χ0) is 17.5. The van der Waals surface area contributed by atoms with E-state index in [2.05, 4.69) is 5.32 Å². The molecular formula is C19H27NO4. The molecule has 24 heavy (non-hydrogen) atoms. The molecule has 5 nitrogen and oxygen atoms in total. The first-order valence-electron chi connectivity index (χ1n) is 8.74. The highest BCUT2D eigenvalue weighted by atomic mass is 16.6. The number of amides is 1. The number of hydrogen-bond donors (Lipinski definition) is 1. The second kappa shape index (κ2) is 8.71. The van der Waals surface area contributed by atoms with Gasteiger partial charge in [-0.25, -0.2) is 4.79 Å². The fraction of sp³-hybridized carbons (Fsp3) is 0.579. The van der Waals surface area contributed by atoms with Gasteiger partial charge in [-0.15, -0.1) is 0 Å². The fourth-order valence-corrected chi connectivity index (χ4v) is 2.78. The van der Waals surface area contributed by atoms with E-state index in [1.807, 2.05) is 0 Å². The number of ether oxygens (including phenoxy) is 2. The smallest absolute Gasteiger partial charge is 0.347 e. The van der Waals surface area contributed by atoms with Crippen LogP contribution < -0.4 is 10.1 Å². The SMILES string of the molecule is CC(C)OC(=O)C(C)Oc1ccc(C(=O)NC2CCCCC2)cc1. The number of rotatable bonds is 6. The van der Waals surface area contributed by atoms with Crippen molar-refractivity contribution >= 4 is 11.9 Å². The Hall–Kier alpha value is -2.04. The Morgan fingerprint density at radius 1 is 1.04 bits per heavy atom. The molecule has 1 aliphatic carbocycles. The van der Waals surface area contributed by atoms with E-state index in [4.69, 9.17) is 9.47 Å². The van der Waals surface area contributed by atoms with E-state index in [0.717, 1.165) is 12.8 Å². The van der Waals surface area contributed by atoms with Crippen molar-refractivity contribution in [1.82, 2.24) is 5.32 Å². The van der Waals surface area contributed by atoms with Crippen molar-refractivity contribution in [2.45, 2.75) is 71.1 Å². The normalized spacial score (nSPS) is 16.5. The lowest BCUT2D eigenvalue weighted by atomic mass is 9.95. The summed E-state index contributed by atoms with van der Waals surface area (Å²) < 4.78 is 10.7. The molecule has 1 saturated carbocycles. The Morgan fingerprint density at radius 3 is 2.25 bits per heavy atom. The predicted octanol–water partition coefficient (Wildman–Crippen LogP) is 3.47. The third kappa shape index (κ3) is 5.55. The van der Waals surface area contributed by atoms with E-state index >= 15 is 0 Å². The van der Waals surface area contributed by atoms with E-state index < -0.39 is 12.1 Å². The number of hydrogen-bond acceptors (Lipinski definition) is 4. The minimum absolute atomic E-state index is 0.0549. The highest BCUT2D eigenvalue weighted by Gasteiger charge is 2.19. The van der Waals surface area contributed by atoms with E-state index in [-0.39, 0.29) is 18.1 Å². The summed E-state index contributed by atoms with van der Waals surface area (Å²) in [7, 11) is 0. The number of benzene rings is 1. The fourth-order valence-electron chi connectivity index (χ4n) is 2.78. The Labute approximate surface area is 143 Å². The highest BCUT2D eigenvalue weighted by Crippen LogP contribution is 2.19. The van der Waals surface area contributed by atoms with Gasteiger partial charge in [-0.1, -0.05) is 19.3 Å². The number of carbonyl (C=O) groups is 2. The lowest BCUT2D eigenvalue weighted by Crippen LogP contribution is -2.36. The molecule has 1 aromatic rings. The zero-order valence-corrected chi connectivity index (χ0v) is 14.7. The van der Waals surface area contributed by atoms with Crippen LogP contribution in [0.2, 0.25) is 0 Å². The molecule has 0 spiro atoms. The van der Waals surface area contributed by atoms with Crippen LogP contribution in [0.5, 0.6) is 5.75 Å². The van der Waals surface area contributed by atoms with Crippen LogP contribution in [0.15, 0.2) is 24.3 Å². The topological polar surface area (TPSA) is 64.6 Å². The first-order valence-corrected chi connectivity index (χ1v) is 8.74. The second-order valence-corrected chi connectivity index (χ2v) is 6.58. The van der Waals surface area contributed by atoms with Crippen molar-refractivity contribution in [2.24, 2.45) is 0 Å². The van der Waals surface area contributed by atoms with Gasteiger partial charge in [0.25, 0.3) is 5.91 Å². The van der Waals surface area contributed by atoms with E-state index in [1.54, 1.807) is 45.0 Å². The van der Waals surface area contributed by atoms with Crippen LogP contribution >= 0.6 is 0 Å². The first kappa shape index (κ1) is 18.3. The summed E-state index contributed by atoms with van der Waals surface area (Å²) in [5.41, 5.74) is 0.602. The van der Waals surface area contributed by atoms with Crippen LogP contribution in [0.3, 0.4) is 0 Å². The summed E-state index contributed by atoms with van der Waals surface area (Å²) in [6.45, 7) is 5.24. The van der Waals surface area contributed by atoms with Crippen molar-refractivity contribution in [3.05, 3.63) is 29.8 Å². The maximum absolute atomic E-state index is 12.2. The Morgan fingerprint density at radius 2 is 1.67 bits per heavy atom. The molecule has 1 aromatic carbocycles. The van der Waals surface area contributed by atoms with Gasteiger partial charge in [0.1, 0.15) is 5.75 Å². The maximum Gasteiger partial charge on any atom is 0.347 e. The van der Waals surface area contributed by atoms with Gasteiger partial charge in [0.05, 0.1) is 6.10 Å². The van der Waals surface area contributed by atoms with E-state index in [1.165, 1.54) is 19.3 Å². The van der Waals surface area contributed by atoms with Gasteiger partial charge >= 0.3 is 5.97 Å². The molecule has 1 fully saturated rings. The zero-order valence-electron chi connectivity index (χ0n) is 14.7. The quantitative estimate of drug-likeness (QED) is 0.810. The van der Waals surface area contributed by atoms with Gasteiger partial charge in [-0.2, -0.15) is 0 Å². The molecule has 0 heterocycles. The van der Waals surface area contributed by atoms with Gasteiger partial charge in [0.15, 0.2) is 6.10 Å². The van der Waals surface area contributed by atoms with Gasteiger partial charge < -0.3 is 14.8 Å². The summed E-state index contributed by atoms with van der Waals surface area (Å²) in [5.74, 6) is 0.0854. The number of carbonyl (C=O) groups excluding carboxylic acids is 2. The van der Waals surface area contributed by atoms with Crippen molar-refractivity contribution < 1.29 is 19.1 Å². The third-order valence-corrected chi connectivity index (χ3v) is 4.05. The summed E-state index contributed by atoms with van der Waals surface area (Å²) >= 11 is 0. The van der Waals surface area contributed by atoms with E-state index in [0.29, 0.717) is 11.3 Å². The van der Waals surface area contributed by atoms with Crippen LogP contribution in [0.1, 0.15) is 63.2 Å². The molecule has 1 unspecified atom stereocenters. The maximum atomic E-state index is 12.2. The largest absolute Gasteiger partial charge is 0.479 e.